The van der Waals surface area contributed by atoms with Gasteiger partial charge in [0.05, 0.1) is 11.6 Å². The van der Waals surface area contributed by atoms with Gasteiger partial charge in [-0.25, -0.2) is 0 Å². The highest BCUT2D eigenvalue weighted by Crippen LogP contribution is 2.35. The van der Waals surface area contributed by atoms with Gasteiger partial charge in [-0.2, -0.15) is 0 Å². The zero-order chi connectivity index (χ0) is 24.8. The minimum atomic E-state index is -0.383. The van der Waals surface area contributed by atoms with Crippen LogP contribution >= 0.6 is 0 Å². The molecule has 3 N–H and O–H groups in total. The molecule has 1 saturated heterocycles. The maximum atomic E-state index is 12.7. The van der Waals surface area contributed by atoms with E-state index in [1.54, 1.807) is 0 Å². The van der Waals surface area contributed by atoms with Crippen LogP contribution in [0.3, 0.4) is 0 Å². The molecule has 33 heavy (non-hydrogen) atoms. The van der Waals surface area contributed by atoms with Crippen molar-refractivity contribution < 1.29 is 4.79 Å². The first kappa shape index (κ1) is 30.4. The van der Waals surface area contributed by atoms with E-state index in [1.807, 2.05) is 6.92 Å². The minimum absolute atomic E-state index is 0.0653. The van der Waals surface area contributed by atoms with Crippen LogP contribution in [0, 0.1) is 5.92 Å². The Kier molecular flexibility index (Phi) is 14.2. The molecule has 1 atom stereocenters. The lowest BCUT2D eigenvalue weighted by molar-refractivity contribution is -0.127. The first-order chi connectivity index (χ1) is 15.6. The molecule has 0 radical (unpaired) electrons. The summed E-state index contributed by atoms with van der Waals surface area (Å²) in [5.41, 5.74) is -0.514. The molecule has 1 fully saturated rings. The third-order valence-electron chi connectivity index (χ3n) is 8.30. The number of amides is 1. The molecule has 0 saturated carbocycles. The highest BCUT2D eigenvalue weighted by molar-refractivity contribution is 5.79. The van der Waals surface area contributed by atoms with Gasteiger partial charge in [-0.1, -0.05) is 110 Å². The number of rotatable bonds is 19. The molecular formula is C29H59N3O. The van der Waals surface area contributed by atoms with Crippen LogP contribution in [0.25, 0.3) is 0 Å². The van der Waals surface area contributed by atoms with Crippen molar-refractivity contribution in [1.82, 2.24) is 16.0 Å². The molecule has 0 aromatic rings. The van der Waals surface area contributed by atoms with E-state index in [4.69, 9.17) is 0 Å². The Morgan fingerprint density at radius 2 is 0.970 bits per heavy atom. The van der Waals surface area contributed by atoms with E-state index in [9.17, 15) is 4.79 Å². The van der Waals surface area contributed by atoms with E-state index in [2.05, 4.69) is 57.5 Å². The summed E-state index contributed by atoms with van der Waals surface area (Å²) in [5, 5.41) is 10.5. The van der Waals surface area contributed by atoms with E-state index in [0.717, 1.165) is 13.0 Å². The van der Waals surface area contributed by atoms with Crippen molar-refractivity contribution in [2.75, 3.05) is 6.54 Å². The van der Waals surface area contributed by atoms with Crippen molar-refractivity contribution in [3.05, 3.63) is 0 Å². The molecule has 4 heteroatoms. The SMILES string of the molecule is CCCCCCCCCCCCCCCCCCNC(=O)C(C)C1(C)NC(C)(C)C(C)(C)N1. The maximum Gasteiger partial charge on any atom is 0.226 e. The summed E-state index contributed by atoms with van der Waals surface area (Å²) in [6.07, 6.45) is 22.0. The molecule has 0 aromatic carbocycles. The highest BCUT2D eigenvalue weighted by Gasteiger charge is 2.54. The average Bonchev–Trinajstić information content (AvgIpc) is 2.92. The Morgan fingerprint density at radius 3 is 1.33 bits per heavy atom. The molecule has 1 heterocycles. The van der Waals surface area contributed by atoms with Gasteiger partial charge in [0.15, 0.2) is 0 Å². The number of hydrogen-bond donors (Lipinski definition) is 3. The van der Waals surface area contributed by atoms with Crippen molar-refractivity contribution in [2.24, 2.45) is 5.92 Å². The zero-order valence-electron chi connectivity index (χ0n) is 23.5. The summed E-state index contributed by atoms with van der Waals surface area (Å²) >= 11 is 0. The monoisotopic (exact) mass is 465 g/mol. The van der Waals surface area contributed by atoms with Crippen molar-refractivity contribution in [3.8, 4) is 0 Å². The van der Waals surface area contributed by atoms with E-state index >= 15 is 0 Å². The van der Waals surface area contributed by atoms with Gasteiger partial charge in [0.1, 0.15) is 0 Å². The summed E-state index contributed by atoms with van der Waals surface area (Å²) in [4.78, 5) is 12.7. The summed E-state index contributed by atoms with van der Waals surface area (Å²) in [5.74, 6) is 0.0200. The van der Waals surface area contributed by atoms with Gasteiger partial charge < -0.3 is 5.32 Å². The molecule has 4 nitrogen and oxygen atoms in total. The first-order valence-corrected chi connectivity index (χ1v) is 14.4. The average molecular weight is 466 g/mol. The lowest BCUT2D eigenvalue weighted by atomic mass is 9.85. The third kappa shape index (κ3) is 11.1. The lowest BCUT2D eigenvalue weighted by Crippen LogP contribution is -2.58. The molecule has 0 spiro atoms. The minimum Gasteiger partial charge on any atom is -0.356 e. The summed E-state index contributed by atoms with van der Waals surface area (Å²) in [7, 11) is 0. The van der Waals surface area contributed by atoms with Crippen LogP contribution < -0.4 is 16.0 Å². The highest BCUT2D eigenvalue weighted by atomic mass is 16.2. The van der Waals surface area contributed by atoms with Gasteiger partial charge in [0, 0.05) is 17.6 Å². The smallest absolute Gasteiger partial charge is 0.226 e. The van der Waals surface area contributed by atoms with Crippen LogP contribution in [0.5, 0.6) is 0 Å². The summed E-state index contributed by atoms with van der Waals surface area (Å²) in [6.45, 7) is 16.0. The predicted molar refractivity (Wildman–Crippen MR) is 145 cm³/mol. The molecule has 1 unspecified atom stereocenters. The largest absolute Gasteiger partial charge is 0.356 e. The van der Waals surface area contributed by atoms with Crippen LogP contribution in [-0.2, 0) is 4.79 Å². The van der Waals surface area contributed by atoms with Gasteiger partial charge >= 0.3 is 0 Å². The van der Waals surface area contributed by atoms with Gasteiger partial charge in [-0.05, 0) is 41.0 Å². The van der Waals surface area contributed by atoms with Crippen molar-refractivity contribution in [1.29, 1.82) is 0 Å². The standard InChI is InChI=1S/C29H59N3O/c1-8-9-10-11-12-13-14-15-16-17-18-19-20-21-22-23-24-30-26(33)25(2)29(7)31-27(3,4)28(5,6)32-29/h25,31-32H,8-24H2,1-7H3,(H,30,33). The Morgan fingerprint density at radius 1 is 0.636 bits per heavy atom. The Labute approximate surface area is 207 Å². The van der Waals surface area contributed by atoms with Crippen LogP contribution in [0.4, 0.5) is 0 Å². The molecule has 0 bridgehead atoms. The fourth-order valence-electron chi connectivity index (χ4n) is 5.16. The van der Waals surface area contributed by atoms with Crippen molar-refractivity contribution >= 4 is 5.91 Å². The molecule has 1 aliphatic heterocycles. The Bertz CT molecular complexity index is 513. The van der Waals surface area contributed by atoms with Gasteiger partial charge in [0.25, 0.3) is 0 Å². The number of unbranched alkanes of at least 4 members (excludes halogenated alkanes) is 15. The van der Waals surface area contributed by atoms with E-state index in [0.29, 0.717) is 0 Å². The van der Waals surface area contributed by atoms with Crippen LogP contribution in [-0.4, -0.2) is 29.2 Å². The second-order valence-electron chi connectivity index (χ2n) is 12.0. The molecule has 196 valence electrons. The summed E-state index contributed by atoms with van der Waals surface area (Å²) < 4.78 is 0. The maximum absolute atomic E-state index is 12.7. The fraction of sp³-hybridized carbons (Fsp3) is 0.966. The lowest BCUT2D eigenvalue weighted by Gasteiger charge is -2.33. The topological polar surface area (TPSA) is 53.2 Å². The van der Waals surface area contributed by atoms with Gasteiger partial charge in [-0.15, -0.1) is 0 Å². The van der Waals surface area contributed by atoms with E-state index < -0.39 is 0 Å². The summed E-state index contributed by atoms with van der Waals surface area (Å²) in [6, 6.07) is 0. The second-order valence-corrected chi connectivity index (χ2v) is 12.0. The van der Waals surface area contributed by atoms with Crippen molar-refractivity contribution in [3.63, 3.8) is 0 Å². The second kappa shape index (κ2) is 15.4. The number of nitrogens with one attached hydrogen (secondary N) is 3. The van der Waals surface area contributed by atoms with E-state index in [1.165, 1.54) is 96.3 Å². The molecule has 1 amide bonds. The quantitative estimate of drug-likeness (QED) is 0.173. The molecule has 0 aliphatic carbocycles. The molecule has 1 rings (SSSR count). The van der Waals surface area contributed by atoms with Crippen LogP contribution in [0.1, 0.15) is 151 Å². The zero-order valence-corrected chi connectivity index (χ0v) is 23.5. The predicted octanol–water partition coefficient (Wildman–Crippen LogP) is 7.47. The number of carbonyl (C=O) groups excluding carboxylic acids is 1. The van der Waals surface area contributed by atoms with Crippen LogP contribution in [0.15, 0.2) is 0 Å². The van der Waals surface area contributed by atoms with E-state index in [-0.39, 0.29) is 28.6 Å². The molecule has 1 aliphatic rings. The van der Waals surface area contributed by atoms with Gasteiger partial charge in [-0.3, -0.25) is 15.4 Å². The number of hydrogen-bond acceptors (Lipinski definition) is 3. The number of carbonyl (C=O) groups is 1. The first-order valence-electron chi connectivity index (χ1n) is 14.4. The molecular weight excluding hydrogens is 406 g/mol. The van der Waals surface area contributed by atoms with Crippen LogP contribution in [0.2, 0.25) is 0 Å². The van der Waals surface area contributed by atoms with Crippen molar-refractivity contribution in [2.45, 2.75) is 168 Å². The third-order valence-corrected chi connectivity index (χ3v) is 8.30. The van der Waals surface area contributed by atoms with Gasteiger partial charge in [0.2, 0.25) is 5.91 Å². The Balaban J connectivity index is 1.96. The Hall–Kier alpha value is -0.610. The molecule has 0 aromatic heterocycles. The fourth-order valence-corrected chi connectivity index (χ4v) is 5.16. The normalized spacial score (nSPS) is 19.5.